The fourth-order valence-corrected chi connectivity index (χ4v) is 3.36. The molecule has 3 amide bonds. The summed E-state index contributed by atoms with van der Waals surface area (Å²) in [5, 5.41) is 5.76. The first kappa shape index (κ1) is 21.7. The van der Waals surface area contributed by atoms with Gasteiger partial charge in [-0.15, -0.1) is 0 Å². The van der Waals surface area contributed by atoms with Gasteiger partial charge in [0.25, 0.3) is 5.91 Å². The summed E-state index contributed by atoms with van der Waals surface area (Å²) in [6.07, 6.45) is 8.44. The fraction of sp³-hybridized carbons (Fsp3) is 0.524. The van der Waals surface area contributed by atoms with Crippen molar-refractivity contribution in [3.63, 3.8) is 0 Å². The van der Waals surface area contributed by atoms with E-state index in [0.717, 1.165) is 24.9 Å². The van der Waals surface area contributed by atoms with Crippen molar-refractivity contribution in [1.82, 2.24) is 10.2 Å². The Morgan fingerprint density at radius 1 is 1.14 bits per heavy atom. The van der Waals surface area contributed by atoms with Gasteiger partial charge in [-0.3, -0.25) is 14.4 Å². The van der Waals surface area contributed by atoms with Crippen molar-refractivity contribution in [2.24, 2.45) is 11.7 Å². The van der Waals surface area contributed by atoms with E-state index in [2.05, 4.69) is 10.6 Å². The summed E-state index contributed by atoms with van der Waals surface area (Å²) >= 11 is 0. The van der Waals surface area contributed by atoms with Crippen LogP contribution in [0.4, 0.5) is 5.69 Å². The highest BCUT2D eigenvalue weighted by Gasteiger charge is 2.20. The maximum Gasteiger partial charge on any atom is 0.253 e. The molecule has 1 radical (unpaired) electrons. The van der Waals surface area contributed by atoms with Gasteiger partial charge < -0.3 is 21.3 Å². The molecule has 1 fully saturated rings. The van der Waals surface area contributed by atoms with Crippen LogP contribution < -0.4 is 16.4 Å². The zero-order valence-corrected chi connectivity index (χ0v) is 16.7. The highest BCUT2D eigenvalue weighted by atomic mass is 16.2. The third kappa shape index (κ3) is 6.87. The molecule has 7 nitrogen and oxygen atoms in total. The molecule has 0 spiro atoms. The third-order valence-electron chi connectivity index (χ3n) is 5.07. The summed E-state index contributed by atoms with van der Waals surface area (Å²) in [4.78, 5) is 37.2. The lowest BCUT2D eigenvalue weighted by Crippen LogP contribution is -2.48. The number of hydrogen-bond acceptors (Lipinski definition) is 4. The van der Waals surface area contributed by atoms with Gasteiger partial charge in [0, 0.05) is 38.3 Å². The average Bonchev–Trinajstić information content (AvgIpc) is 2.70. The number of nitrogens with zero attached hydrogens (tertiary/aromatic N) is 1. The second-order valence-corrected chi connectivity index (χ2v) is 7.57. The van der Waals surface area contributed by atoms with Gasteiger partial charge in [-0.1, -0.05) is 32.1 Å². The van der Waals surface area contributed by atoms with E-state index in [1.165, 1.54) is 24.2 Å². The molecule has 0 bridgehead atoms. The first-order valence-electron chi connectivity index (χ1n) is 9.85. The molecule has 1 aliphatic rings. The Morgan fingerprint density at radius 2 is 1.79 bits per heavy atom. The van der Waals surface area contributed by atoms with Crippen LogP contribution in [-0.4, -0.2) is 49.3 Å². The maximum absolute atomic E-state index is 12.2. The molecule has 1 aliphatic carbocycles. The monoisotopic (exact) mass is 387 g/mol. The van der Waals surface area contributed by atoms with Crippen LogP contribution in [0.15, 0.2) is 24.3 Å². The molecule has 0 saturated heterocycles. The van der Waals surface area contributed by atoms with Gasteiger partial charge >= 0.3 is 0 Å². The molecule has 0 aromatic heterocycles. The van der Waals surface area contributed by atoms with Gasteiger partial charge in [0.15, 0.2) is 0 Å². The predicted molar refractivity (Wildman–Crippen MR) is 110 cm³/mol. The van der Waals surface area contributed by atoms with Gasteiger partial charge in [0.1, 0.15) is 6.04 Å². The molecule has 0 aliphatic heterocycles. The zero-order chi connectivity index (χ0) is 20.5. The summed E-state index contributed by atoms with van der Waals surface area (Å²) in [6.45, 7) is 0.180. The molecule has 1 atom stereocenters. The van der Waals surface area contributed by atoms with Crippen molar-refractivity contribution in [1.29, 1.82) is 0 Å². The molecule has 4 N–H and O–H groups in total. The minimum absolute atomic E-state index is 0.0812. The number of primary amides is 1. The molecular weight excluding hydrogens is 356 g/mol. The first-order valence-corrected chi connectivity index (χ1v) is 9.85. The van der Waals surface area contributed by atoms with Crippen molar-refractivity contribution in [2.75, 3.05) is 26.0 Å². The maximum atomic E-state index is 12.2. The number of rotatable bonds is 9. The minimum Gasteiger partial charge on any atom is -0.382 e. The molecule has 1 saturated carbocycles. The Morgan fingerprint density at radius 3 is 2.36 bits per heavy atom. The standard InChI is InChI=1S/C21H31N4O3/c1-25(2)21(28)16-9-11-17(12-10-16)23-14-18(20(22)27)24-19(26)13-8-15-6-4-3-5-7-15/h9-13,15,18,23H,3-8,14H2,1-2H3,(H2,22,27)(H,24,26)/t18-/m0/s1. The van der Waals surface area contributed by atoms with E-state index < -0.39 is 11.9 Å². The van der Waals surface area contributed by atoms with Gasteiger partial charge in [0.2, 0.25) is 11.8 Å². The van der Waals surface area contributed by atoms with Crippen LogP contribution in [0.3, 0.4) is 0 Å². The van der Waals surface area contributed by atoms with Crippen molar-refractivity contribution in [2.45, 2.75) is 44.6 Å². The van der Waals surface area contributed by atoms with E-state index >= 15 is 0 Å². The van der Waals surface area contributed by atoms with Crippen molar-refractivity contribution < 1.29 is 14.4 Å². The van der Waals surface area contributed by atoms with E-state index in [9.17, 15) is 14.4 Å². The lowest BCUT2D eigenvalue weighted by atomic mass is 9.86. The topological polar surface area (TPSA) is 105 Å². The van der Waals surface area contributed by atoms with E-state index in [4.69, 9.17) is 5.73 Å². The highest BCUT2D eigenvalue weighted by Crippen LogP contribution is 2.26. The molecule has 2 rings (SSSR count). The van der Waals surface area contributed by atoms with Crippen LogP contribution >= 0.6 is 0 Å². The normalized spacial score (nSPS) is 15.5. The van der Waals surface area contributed by atoms with Gasteiger partial charge in [-0.25, -0.2) is 0 Å². The number of carbonyl (C=O) groups excluding carboxylic acids is 3. The minimum atomic E-state index is -0.807. The summed E-state index contributed by atoms with van der Waals surface area (Å²) in [6, 6.07) is 6.12. The number of hydrogen-bond donors (Lipinski definition) is 3. The Kier molecular flexibility index (Phi) is 8.29. The summed E-state index contributed by atoms with van der Waals surface area (Å²) in [5.74, 6) is -0.371. The summed E-state index contributed by atoms with van der Waals surface area (Å²) < 4.78 is 0. The number of nitrogens with one attached hydrogen (secondary N) is 2. The highest BCUT2D eigenvalue weighted by molar-refractivity contribution is 5.94. The first-order chi connectivity index (χ1) is 13.4. The Bertz CT molecular complexity index is 667. The lowest BCUT2D eigenvalue weighted by molar-refractivity contribution is -0.125. The summed E-state index contributed by atoms with van der Waals surface area (Å²) in [7, 11) is 3.39. The van der Waals surface area contributed by atoms with Crippen LogP contribution in [0.5, 0.6) is 0 Å². The van der Waals surface area contributed by atoms with Gasteiger partial charge in [-0.05, 0) is 36.6 Å². The molecule has 0 unspecified atom stereocenters. The Labute approximate surface area is 167 Å². The SMILES string of the molecule is CN(C)C(=O)c1ccc(NC[C@H](NC(=O)[CH]CC2CCCCC2)C(N)=O)cc1. The number of benzene rings is 1. The number of amides is 3. The summed E-state index contributed by atoms with van der Waals surface area (Å²) in [5.41, 5.74) is 6.74. The van der Waals surface area contributed by atoms with E-state index in [-0.39, 0.29) is 18.4 Å². The number of nitrogens with two attached hydrogens (primary N) is 1. The van der Waals surface area contributed by atoms with E-state index in [0.29, 0.717) is 11.5 Å². The van der Waals surface area contributed by atoms with Crippen molar-refractivity contribution >= 4 is 23.4 Å². The molecule has 1 aromatic rings. The number of anilines is 1. The zero-order valence-electron chi connectivity index (χ0n) is 16.7. The van der Waals surface area contributed by atoms with Gasteiger partial charge in [0.05, 0.1) is 0 Å². The number of carbonyl (C=O) groups is 3. The molecule has 0 heterocycles. The smallest absolute Gasteiger partial charge is 0.253 e. The average molecular weight is 388 g/mol. The largest absolute Gasteiger partial charge is 0.382 e. The molecule has 7 heteroatoms. The van der Waals surface area contributed by atoms with Gasteiger partial charge in [-0.2, -0.15) is 0 Å². The molecule has 28 heavy (non-hydrogen) atoms. The quantitative estimate of drug-likeness (QED) is 0.602. The van der Waals surface area contributed by atoms with E-state index in [1.54, 1.807) is 44.8 Å². The molecule has 1 aromatic carbocycles. The molecular formula is C21H31N4O3. The third-order valence-corrected chi connectivity index (χ3v) is 5.07. The second-order valence-electron chi connectivity index (χ2n) is 7.57. The second kappa shape index (κ2) is 10.7. The Balaban J connectivity index is 1.81. The van der Waals surface area contributed by atoms with Crippen LogP contribution in [-0.2, 0) is 9.59 Å². The Hall–Kier alpha value is -2.57. The fourth-order valence-electron chi connectivity index (χ4n) is 3.36. The predicted octanol–water partition coefficient (Wildman–Crippen LogP) is 1.95. The van der Waals surface area contributed by atoms with Crippen LogP contribution in [0.2, 0.25) is 0 Å². The van der Waals surface area contributed by atoms with Crippen LogP contribution in [0.25, 0.3) is 0 Å². The van der Waals surface area contributed by atoms with Crippen LogP contribution in [0.1, 0.15) is 48.9 Å². The molecule has 153 valence electrons. The lowest BCUT2D eigenvalue weighted by Gasteiger charge is -2.22. The van der Waals surface area contributed by atoms with Crippen molar-refractivity contribution in [3.8, 4) is 0 Å². The van der Waals surface area contributed by atoms with Crippen LogP contribution in [0, 0.1) is 12.3 Å². The van der Waals surface area contributed by atoms with Crippen molar-refractivity contribution in [3.05, 3.63) is 36.2 Å². The van der Waals surface area contributed by atoms with E-state index in [1.807, 2.05) is 0 Å².